The van der Waals surface area contributed by atoms with Crippen LogP contribution in [0, 0.1) is 6.92 Å². The highest BCUT2D eigenvalue weighted by atomic mass is 16.6. The molecule has 0 saturated carbocycles. The molecule has 0 unspecified atom stereocenters. The van der Waals surface area contributed by atoms with Crippen molar-refractivity contribution in [2.75, 3.05) is 19.8 Å². The summed E-state index contributed by atoms with van der Waals surface area (Å²) in [7, 11) is 0. The van der Waals surface area contributed by atoms with E-state index in [2.05, 4.69) is 26.3 Å². The van der Waals surface area contributed by atoms with Crippen LogP contribution in [0.4, 0.5) is 11.4 Å². The number of phenols is 1. The Morgan fingerprint density at radius 3 is 2.32 bits per heavy atom. The molecule has 0 amide bonds. The first-order valence-corrected chi connectivity index (χ1v) is 11.3. The van der Waals surface area contributed by atoms with Gasteiger partial charge < -0.3 is 19.3 Å². The van der Waals surface area contributed by atoms with Crippen molar-refractivity contribution in [1.29, 1.82) is 0 Å². The summed E-state index contributed by atoms with van der Waals surface area (Å²) in [4.78, 5) is 32.6. The molecule has 0 saturated heterocycles. The van der Waals surface area contributed by atoms with Crippen molar-refractivity contribution in [3.63, 3.8) is 0 Å². The minimum absolute atomic E-state index is 0.0730. The molecule has 0 spiro atoms. The number of phenolic OH excluding ortho intramolecular Hbond substituents is 1. The van der Waals surface area contributed by atoms with E-state index in [1.807, 2.05) is 44.2 Å². The third-order valence-corrected chi connectivity index (χ3v) is 4.65. The topological polar surface area (TPSA) is 124 Å². The van der Waals surface area contributed by atoms with Crippen LogP contribution >= 0.6 is 0 Å². The Kier molecular flexibility index (Phi) is 11.7. The van der Waals surface area contributed by atoms with Crippen molar-refractivity contribution in [2.24, 2.45) is 10.2 Å². The molecule has 0 heterocycles. The molecule has 1 N–H and O–H groups in total. The Hall–Kier alpha value is -4.79. The number of hydrogen-bond donors (Lipinski definition) is 1. The van der Waals surface area contributed by atoms with Crippen LogP contribution in [0.15, 0.2) is 89.6 Å². The van der Waals surface area contributed by atoms with Gasteiger partial charge in [0.2, 0.25) is 0 Å². The number of aryl methyl sites for hydroxylation is 1. The van der Waals surface area contributed by atoms with E-state index in [1.54, 1.807) is 24.3 Å². The fourth-order valence-electron chi connectivity index (χ4n) is 2.85. The normalized spacial score (nSPS) is 10.1. The van der Waals surface area contributed by atoms with Gasteiger partial charge in [-0.15, -0.1) is 5.11 Å². The summed E-state index contributed by atoms with van der Waals surface area (Å²) in [6.07, 6.45) is 1.04. The zero-order valence-corrected chi connectivity index (χ0v) is 20.6. The van der Waals surface area contributed by atoms with Crippen molar-refractivity contribution in [3.05, 3.63) is 96.1 Å². The fourth-order valence-corrected chi connectivity index (χ4v) is 2.85. The van der Waals surface area contributed by atoms with Gasteiger partial charge in [-0.25, -0.2) is 4.79 Å². The molecule has 3 aromatic carbocycles. The molecule has 3 aromatic rings. The Morgan fingerprint density at radius 2 is 1.70 bits per heavy atom. The van der Waals surface area contributed by atoms with Crippen molar-refractivity contribution >= 4 is 29.6 Å². The molecule has 0 aliphatic heterocycles. The van der Waals surface area contributed by atoms with Gasteiger partial charge in [0.25, 0.3) is 6.47 Å². The first kappa shape index (κ1) is 28.4. The maximum atomic E-state index is 12.7. The third-order valence-electron chi connectivity index (χ3n) is 4.65. The van der Waals surface area contributed by atoms with Gasteiger partial charge in [-0.1, -0.05) is 54.6 Å². The zero-order chi connectivity index (χ0) is 27.0. The summed E-state index contributed by atoms with van der Waals surface area (Å²) in [5.74, 6) is -0.588. The van der Waals surface area contributed by atoms with Gasteiger partial charge in [-0.2, -0.15) is 5.11 Å². The summed E-state index contributed by atoms with van der Waals surface area (Å²) >= 11 is 0. The number of aromatic hydroxyl groups is 1. The number of ketones is 1. The molecule has 9 heteroatoms. The highest BCUT2D eigenvalue weighted by Gasteiger charge is 2.17. The van der Waals surface area contributed by atoms with Crippen molar-refractivity contribution in [2.45, 2.75) is 13.8 Å². The Bertz CT molecular complexity index is 1220. The number of hydrogen-bond acceptors (Lipinski definition) is 9. The van der Waals surface area contributed by atoms with E-state index in [0.29, 0.717) is 35.8 Å². The van der Waals surface area contributed by atoms with Crippen LogP contribution in [0.25, 0.3) is 0 Å². The smallest absolute Gasteiger partial charge is 0.330 e. The van der Waals surface area contributed by atoms with Crippen LogP contribution in [-0.2, 0) is 19.1 Å². The van der Waals surface area contributed by atoms with E-state index in [-0.39, 0.29) is 30.3 Å². The molecule has 0 aromatic heterocycles. The maximum absolute atomic E-state index is 12.7. The average molecular weight is 505 g/mol. The van der Waals surface area contributed by atoms with Crippen LogP contribution in [-0.4, -0.2) is 43.2 Å². The van der Waals surface area contributed by atoms with E-state index < -0.39 is 5.97 Å². The predicted molar refractivity (Wildman–Crippen MR) is 138 cm³/mol. The molecular weight excluding hydrogens is 476 g/mol. The maximum Gasteiger partial charge on any atom is 0.330 e. The fraction of sp³-hybridized carbons (Fsp3) is 0.179. The molecule has 9 nitrogen and oxygen atoms in total. The molecule has 3 rings (SSSR count). The predicted octanol–water partition coefficient (Wildman–Crippen LogP) is 5.63. The number of carbonyl (C=O) groups is 3. The highest BCUT2D eigenvalue weighted by molar-refractivity contribution is 6.11. The summed E-state index contributed by atoms with van der Waals surface area (Å²) < 4.78 is 14.2. The number of nitrogens with zero attached hydrogens (tertiary/aromatic N) is 2. The summed E-state index contributed by atoms with van der Waals surface area (Å²) in [6, 6.07) is 19.3. The first-order valence-electron chi connectivity index (χ1n) is 11.3. The second-order valence-corrected chi connectivity index (χ2v) is 7.34. The number of esters is 1. The molecule has 0 radical (unpaired) electrons. The lowest BCUT2D eigenvalue weighted by Crippen LogP contribution is -2.07. The van der Waals surface area contributed by atoms with Gasteiger partial charge in [0.05, 0.1) is 17.9 Å². The van der Waals surface area contributed by atoms with E-state index >= 15 is 0 Å². The SMILES string of the molecule is C=CC(=O)OCCOC=O.CCOc1cc(O)c(C(=O)c2ccccc2)cc1N=Nc1ccc(C)cc1. The molecule has 0 aliphatic carbocycles. The van der Waals surface area contributed by atoms with Crippen LogP contribution in [0.2, 0.25) is 0 Å². The van der Waals surface area contributed by atoms with Crippen LogP contribution in [0.5, 0.6) is 11.5 Å². The number of rotatable bonds is 11. The van der Waals surface area contributed by atoms with Crippen LogP contribution in [0.1, 0.15) is 28.4 Å². The number of benzene rings is 3. The van der Waals surface area contributed by atoms with Crippen molar-refractivity contribution in [1.82, 2.24) is 0 Å². The van der Waals surface area contributed by atoms with E-state index in [0.717, 1.165) is 11.6 Å². The largest absolute Gasteiger partial charge is 0.507 e. The second-order valence-electron chi connectivity index (χ2n) is 7.34. The molecule has 0 aliphatic rings. The molecular formula is C28H28N2O7. The summed E-state index contributed by atoms with van der Waals surface area (Å²) in [5.41, 5.74) is 2.84. The standard InChI is InChI=1S/C22H20N2O3.C6H8O4/c1-3-27-21-14-20(25)18(22(26)16-7-5-4-6-8-16)13-19(21)24-23-17-11-9-15(2)10-12-17;1-2-6(8)10-4-3-9-5-7/h4-14,25H,3H2,1-2H3;2,5H,1,3-4H2. The Morgan fingerprint density at radius 1 is 1.00 bits per heavy atom. The highest BCUT2D eigenvalue weighted by Crippen LogP contribution is 2.36. The van der Waals surface area contributed by atoms with Gasteiger partial charge in [-0.05, 0) is 32.0 Å². The zero-order valence-electron chi connectivity index (χ0n) is 20.6. The minimum Gasteiger partial charge on any atom is -0.507 e. The van der Waals surface area contributed by atoms with Gasteiger partial charge in [0.15, 0.2) is 11.5 Å². The van der Waals surface area contributed by atoms with E-state index in [4.69, 9.17) is 4.74 Å². The number of azo groups is 1. The quantitative estimate of drug-likeness (QED) is 0.0895. The average Bonchev–Trinajstić information content (AvgIpc) is 2.92. The number of carbonyl (C=O) groups excluding carboxylic acids is 3. The van der Waals surface area contributed by atoms with Gasteiger partial charge in [0, 0.05) is 17.7 Å². The van der Waals surface area contributed by atoms with Crippen LogP contribution in [0.3, 0.4) is 0 Å². The lowest BCUT2D eigenvalue weighted by Gasteiger charge is -2.10. The van der Waals surface area contributed by atoms with Gasteiger partial charge in [0.1, 0.15) is 24.7 Å². The lowest BCUT2D eigenvalue weighted by molar-refractivity contribution is -0.142. The molecule has 0 atom stereocenters. The van der Waals surface area contributed by atoms with Crippen molar-refractivity contribution in [3.8, 4) is 11.5 Å². The van der Waals surface area contributed by atoms with E-state index in [1.165, 1.54) is 12.1 Å². The van der Waals surface area contributed by atoms with Gasteiger partial charge >= 0.3 is 5.97 Å². The summed E-state index contributed by atoms with van der Waals surface area (Å²) in [6.45, 7) is 7.86. The molecule has 0 fully saturated rings. The Balaban J connectivity index is 0.000000410. The van der Waals surface area contributed by atoms with E-state index in [9.17, 15) is 19.5 Å². The monoisotopic (exact) mass is 504 g/mol. The molecule has 0 bridgehead atoms. The first-order chi connectivity index (χ1) is 17.9. The Labute approximate surface area is 215 Å². The minimum atomic E-state index is -0.519. The third kappa shape index (κ3) is 9.41. The lowest BCUT2D eigenvalue weighted by atomic mass is 10.0. The summed E-state index contributed by atoms with van der Waals surface area (Å²) in [5, 5.41) is 18.8. The van der Waals surface area contributed by atoms with Gasteiger partial charge in [-0.3, -0.25) is 9.59 Å². The van der Waals surface area contributed by atoms with Crippen LogP contribution < -0.4 is 4.74 Å². The number of ether oxygens (including phenoxy) is 3. The molecule has 37 heavy (non-hydrogen) atoms. The van der Waals surface area contributed by atoms with Crippen molar-refractivity contribution < 1.29 is 33.7 Å². The molecule has 192 valence electrons. The second kappa shape index (κ2) is 15.3.